The number of rotatable bonds is 3. The van der Waals surface area contributed by atoms with Gasteiger partial charge in [-0.15, -0.1) is 0 Å². The Balaban J connectivity index is 1.79. The average molecular weight is 386 g/mol. The van der Waals surface area contributed by atoms with Crippen molar-refractivity contribution in [3.8, 4) is 11.5 Å². The van der Waals surface area contributed by atoms with Gasteiger partial charge in [-0.2, -0.15) is 13.2 Å². The first-order valence-corrected chi connectivity index (χ1v) is 7.25. The van der Waals surface area contributed by atoms with Crippen LogP contribution >= 0.6 is 0 Å². The van der Waals surface area contributed by atoms with Crippen LogP contribution in [0.1, 0.15) is 16.1 Å². The van der Waals surface area contributed by atoms with Crippen LogP contribution in [0.3, 0.4) is 0 Å². The molecular weight excluding hydrogens is 378 g/mol. The molecule has 0 radical (unpaired) electrons. The van der Waals surface area contributed by atoms with Crippen LogP contribution in [0.5, 0.6) is 0 Å². The molecule has 0 spiro atoms. The number of nitrogens with one attached hydrogen (secondary N) is 1. The van der Waals surface area contributed by atoms with E-state index in [1.807, 2.05) is 5.32 Å². The summed E-state index contributed by atoms with van der Waals surface area (Å²) < 4.78 is 82.3. The first-order valence-electron chi connectivity index (χ1n) is 7.25. The number of halogens is 6. The van der Waals surface area contributed by atoms with Gasteiger partial charge in [-0.1, -0.05) is 0 Å². The lowest BCUT2D eigenvalue weighted by Crippen LogP contribution is -2.14. The molecular formula is C17H8F6N2O2. The summed E-state index contributed by atoms with van der Waals surface area (Å²) in [6.07, 6.45) is -3.62. The molecule has 0 bridgehead atoms. The fourth-order valence-corrected chi connectivity index (χ4v) is 2.12. The van der Waals surface area contributed by atoms with Crippen molar-refractivity contribution in [1.82, 2.24) is 4.98 Å². The maximum Gasteiger partial charge on any atom is 0.416 e. The van der Waals surface area contributed by atoms with Crippen molar-refractivity contribution in [1.29, 1.82) is 0 Å². The smallest absolute Gasteiger partial charge is 0.416 e. The van der Waals surface area contributed by atoms with Gasteiger partial charge in [0.25, 0.3) is 5.91 Å². The zero-order chi connectivity index (χ0) is 19.8. The number of benzene rings is 2. The zero-order valence-electron chi connectivity index (χ0n) is 13.1. The van der Waals surface area contributed by atoms with Crippen molar-refractivity contribution < 1.29 is 35.6 Å². The van der Waals surface area contributed by atoms with Gasteiger partial charge in [0.2, 0.25) is 5.89 Å². The van der Waals surface area contributed by atoms with E-state index in [-0.39, 0.29) is 17.1 Å². The van der Waals surface area contributed by atoms with Crippen LogP contribution < -0.4 is 5.32 Å². The van der Waals surface area contributed by atoms with Crippen LogP contribution in [0.25, 0.3) is 11.5 Å². The van der Waals surface area contributed by atoms with Crippen LogP contribution in [0, 0.1) is 17.5 Å². The third kappa shape index (κ3) is 3.78. The molecule has 140 valence electrons. The molecule has 0 atom stereocenters. The number of hydrogen-bond donors (Lipinski definition) is 1. The van der Waals surface area contributed by atoms with Crippen LogP contribution in [-0.2, 0) is 6.18 Å². The Bertz CT molecular complexity index is 996. The maximum absolute atomic E-state index is 13.6. The minimum absolute atomic E-state index is 0.153. The molecule has 1 amide bonds. The van der Waals surface area contributed by atoms with Crippen molar-refractivity contribution in [3.63, 3.8) is 0 Å². The number of carbonyl (C=O) groups excluding carboxylic acids is 1. The lowest BCUT2D eigenvalue weighted by atomic mass is 10.1. The maximum atomic E-state index is 13.6. The summed E-state index contributed by atoms with van der Waals surface area (Å²) in [5, 5.41) is 2.00. The van der Waals surface area contributed by atoms with E-state index in [4.69, 9.17) is 4.42 Å². The lowest BCUT2D eigenvalue weighted by Gasteiger charge is -2.06. The van der Waals surface area contributed by atoms with E-state index in [0.717, 1.165) is 36.6 Å². The van der Waals surface area contributed by atoms with Gasteiger partial charge in [0.1, 0.15) is 6.26 Å². The zero-order valence-corrected chi connectivity index (χ0v) is 13.1. The topological polar surface area (TPSA) is 55.1 Å². The number of anilines is 1. The van der Waals surface area contributed by atoms with Crippen molar-refractivity contribution >= 4 is 11.6 Å². The third-order valence-corrected chi connectivity index (χ3v) is 3.48. The molecule has 10 heteroatoms. The third-order valence-electron chi connectivity index (χ3n) is 3.48. The fraction of sp³-hybridized carbons (Fsp3) is 0.0588. The Hall–Kier alpha value is -3.30. The van der Waals surface area contributed by atoms with Crippen LogP contribution in [-0.4, -0.2) is 10.9 Å². The van der Waals surface area contributed by atoms with Crippen molar-refractivity contribution in [2.75, 3.05) is 5.32 Å². The summed E-state index contributed by atoms with van der Waals surface area (Å²) in [4.78, 5) is 15.8. The first-order chi connectivity index (χ1) is 12.7. The normalized spacial score (nSPS) is 11.5. The van der Waals surface area contributed by atoms with Crippen LogP contribution in [0.15, 0.2) is 47.1 Å². The monoisotopic (exact) mass is 386 g/mol. The number of nitrogens with zero attached hydrogens (tertiary/aromatic N) is 1. The molecule has 0 aliphatic carbocycles. The fourth-order valence-electron chi connectivity index (χ4n) is 2.12. The summed E-state index contributed by atoms with van der Waals surface area (Å²) in [7, 11) is 0. The van der Waals surface area contributed by atoms with E-state index >= 15 is 0 Å². The number of amides is 1. The standard InChI is InChI=1S/C17H8F6N2O2/c18-10-5-6-11(14(20)13(10)19)24-15(26)12-7-27-16(25-12)8-1-3-9(4-2-8)17(21,22)23/h1-7H,(H,24,26). The SMILES string of the molecule is O=C(Nc1ccc(F)c(F)c1F)c1coc(-c2ccc(C(F)(F)F)cc2)n1. The molecule has 3 rings (SSSR count). The second-order valence-electron chi connectivity index (χ2n) is 5.29. The highest BCUT2D eigenvalue weighted by molar-refractivity contribution is 6.03. The predicted octanol–water partition coefficient (Wildman–Crippen LogP) is 5.03. The molecule has 1 heterocycles. The van der Waals surface area contributed by atoms with Gasteiger partial charge >= 0.3 is 6.18 Å². The quantitative estimate of drug-likeness (QED) is 0.508. The average Bonchev–Trinajstić information content (AvgIpc) is 3.12. The molecule has 3 aromatic rings. The van der Waals surface area contributed by atoms with Gasteiger partial charge in [-0.05, 0) is 36.4 Å². The van der Waals surface area contributed by atoms with E-state index in [0.29, 0.717) is 6.07 Å². The van der Waals surface area contributed by atoms with E-state index in [1.54, 1.807) is 0 Å². The Labute approximate surface area is 147 Å². The number of alkyl halides is 3. The largest absolute Gasteiger partial charge is 0.444 e. The Morgan fingerprint density at radius 1 is 0.963 bits per heavy atom. The summed E-state index contributed by atoms with van der Waals surface area (Å²) in [5.41, 5.74) is -1.65. The lowest BCUT2D eigenvalue weighted by molar-refractivity contribution is -0.137. The Morgan fingerprint density at radius 2 is 1.63 bits per heavy atom. The highest BCUT2D eigenvalue weighted by Gasteiger charge is 2.30. The molecule has 2 aromatic carbocycles. The molecule has 4 nitrogen and oxygen atoms in total. The van der Waals surface area contributed by atoms with Gasteiger partial charge in [0.15, 0.2) is 23.1 Å². The Morgan fingerprint density at radius 3 is 2.26 bits per heavy atom. The number of aromatic nitrogens is 1. The molecule has 27 heavy (non-hydrogen) atoms. The summed E-state index contributed by atoms with van der Waals surface area (Å²) >= 11 is 0. The van der Waals surface area contributed by atoms with Gasteiger partial charge in [0, 0.05) is 5.56 Å². The van der Waals surface area contributed by atoms with Gasteiger partial charge < -0.3 is 9.73 Å². The second kappa shape index (κ2) is 6.78. The minimum atomic E-state index is -4.51. The number of oxazole rings is 1. The highest BCUT2D eigenvalue weighted by Crippen LogP contribution is 2.31. The van der Waals surface area contributed by atoms with Gasteiger partial charge in [-0.3, -0.25) is 4.79 Å². The van der Waals surface area contributed by atoms with Gasteiger partial charge in [-0.25, -0.2) is 18.2 Å². The number of hydrogen-bond acceptors (Lipinski definition) is 3. The van der Waals surface area contributed by atoms with Crippen LogP contribution in [0.4, 0.5) is 32.0 Å². The highest BCUT2D eigenvalue weighted by atomic mass is 19.4. The van der Waals surface area contributed by atoms with Crippen molar-refractivity contribution in [2.24, 2.45) is 0 Å². The van der Waals surface area contributed by atoms with E-state index in [2.05, 4.69) is 4.98 Å². The number of carbonyl (C=O) groups is 1. The molecule has 0 saturated carbocycles. The molecule has 0 fully saturated rings. The molecule has 1 N–H and O–H groups in total. The summed E-state index contributed by atoms with van der Waals surface area (Å²) in [6.45, 7) is 0. The van der Waals surface area contributed by atoms with E-state index < -0.39 is 40.8 Å². The molecule has 0 aliphatic rings. The van der Waals surface area contributed by atoms with Crippen molar-refractivity contribution in [2.45, 2.75) is 6.18 Å². The summed E-state index contributed by atoms with van der Waals surface area (Å²) in [5.74, 6) is -5.90. The first kappa shape index (κ1) is 18.5. The molecule has 1 aromatic heterocycles. The van der Waals surface area contributed by atoms with E-state index in [9.17, 15) is 31.1 Å². The van der Waals surface area contributed by atoms with Gasteiger partial charge in [0.05, 0.1) is 11.3 Å². The molecule has 0 saturated heterocycles. The Kier molecular flexibility index (Phi) is 4.64. The second-order valence-corrected chi connectivity index (χ2v) is 5.29. The molecule has 0 aliphatic heterocycles. The van der Waals surface area contributed by atoms with Crippen molar-refractivity contribution in [3.05, 3.63) is 71.4 Å². The summed E-state index contributed by atoms with van der Waals surface area (Å²) in [6, 6.07) is 5.29. The minimum Gasteiger partial charge on any atom is -0.444 e. The van der Waals surface area contributed by atoms with Crippen LogP contribution in [0.2, 0.25) is 0 Å². The predicted molar refractivity (Wildman–Crippen MR) is 81.2 cm³/mol. The molecule has 0 unspecified atom stereocenters. The van der Waals surface area contributed by atoms with E-state index in [1.165, 1.54) is 0 Å².